The summed E-state index contributed by atoms with van der Waals surface area (Å²) in [6.07, 6.45) is 2.25. The summed E-state index contributed by atoms with van der Waals surface area (Å²) in [5, 5.41) is 3.43. The lowest BCUT2D eigenvalue weighted by molar-refractivity contribution is 0.0206. The summed E-state index contributed by atoms with van der Waals surface area (Å²) in [7, 11) is 0. The molecule has 1 amide bonds. The number of hydrogen-bond acceptors (Lipinski definition) is 3. The van der Waals surface area contributed by atoms with E-state index in [0.29, 0.717) is 5.56 Å². The van der Waals surface area contributed by atoms with Crippen molar-refractivity contribution in [3.63, 3.8) is 0 Å². The Balaban J connectivity index is 1.91. The third-order valence-corrected chi connectivity index (χ3v) is 3.74. The van der Waals surface area contributed by atoms with Crippen molar-refractivity contribution in [3.8, 4) is 0 Å². The van der Waals surface area contributed by atoms with Crippen LogP contribution in [0.4, 0.5) is 0 Å². The number of carbonyl (C=O) groups is 1. The van der Waals surface area contributed by atoms with E-state index in [1.54, 1.807) is 6.07 Å². The van der Waals surface area contributed by atoms with E-state index in [1.165, 1.54) is 5.56 Å². The zero-order chi connectivity index (χ0) is 13.9. The van der Waals surface area contributed by atoms with E-state index < -0.39 is 0 Å². The van der Waals surface area contributed by atoms with E-state index in [-0.39, 0.29) is 11.5 Å². The van der Waals surface area contributed by atoms with E-state index in [4.69, 9.17) is 10.5 Å². The minimum atomic E-state index is -0.380. The highest BCUT2D eigenvalue weighted by molar-refractivity contribution is 5.93. The van der Waals surface area contributed by atoms with Gasteiger partial charge in [-0.2, -0.15) is 0 Å². The third-order valence-electron chi connectivity index (χ3n) is 3.74. The summed E-state index contributed by atoms with van der Waals surface area (Å²) < 4.78 is 5.74. The zero-order valence-corrected chi connectivity index (χ0v) is 11.7. The van der Waals surface area contributed by atoms with E-state index >= 15 is 0 Å². The van der Waals surface area contributed by atoms with Gasteiger partial charge in [-0.25, -0.2) is 0 Å². The molecule has 1 aromatic carbocycles. The first-order valence-corrected chi connectivity index (χ1v) is 6.74. The summed E-state index contributed by atoms with van der Waals surface area (Å²) in [5.74, 6) is -0.380. The van der Waals surface area contributed by atoms with Crippen molar-refractivity contribution in [3.05, 3.63) is 34.9 Å². The van der Waals surface area contributed by atoms with Crippen molar-refractivity contribution in [1.29, 1.82) is 0 Å². The van der Waals surface area contributed by atoms with Crippen LogP contribution in [0.5, 0.6) is 0 Å². The fraction of sp³-hybridized carbons (Fsp3) is 0.533. The first-order chi connectivity index (χ1) is 9.00. The van der Waals surface area contributed by atoms with Crippen LogP contribution in [0.1, 0.15) is 41.3 Å². The molecular weight excluding hydrogens is 240 g/mol. The van der Waals surface area contributed by atoms with Gasteiger partial charge in [0.25, 0.3) is 0 Å². The maximum absolute atomic E-state index is 11.1. The van der Waals surface area contributed by atoms with Crippen LogP contribution in [0.15, 0.2) is 18.2 Å². The smallest absolute Gasteiger partial charge is 0.248 e. The maximum Gasteiger partial charge on any atom is 0.248 e. The molecular formula is C15H22N2O2. The van der Waals surface area contributed by atoms with Crippen LogP contribution in [0, 0.1) is 6.92 Å². The molecule has 2 rings (SSSR count). The van der Waals surface area contributed by atoms with Crippen LogP contribution in [-0.2, 0) is 11.3 Å². The van der Waals surface area contributed by atoms with Crippen LogP contribution in [0.25, 0.3) is 0 Å². The molecule has 0 spiro atoms. The number of ether oxygens (including phenoxy) is 1. The molecule has 1 atom stereocenters. The van der Waals surface area contributed by atoms with Crippen molar-refractivity contribution in [2.75, 3.05) is 13.2 Å². The molecule has 1 unspecified atom stereocenters. The quantitative estimate of drug-likeness (QED) is 0.849. The Bertz CT molecular complexity index is 465. The third kappa shape index (κ3) is 3.55. The van der Waals surface area contributed by atoms with Crippen LogP contribution in [-0.4, -0.2) is 24.7 Å². The number of amides is 1. The molecule has 1 aromatic rings. The molecule has 0 aliphatic carbocycles. The van der Waals surface area contributed by atoms with Crippen LogP contribution >= 0.6 is 0 Å². The Hall–Kier alpha value is -1.39. The van der Waals surface area contributed by atoms with Crippen LogP contribution in [0.2, 0.25) is 0 Å². The number of hydrogen-bond donors (Lipinski definition) is 2. The highest BCUT2D eigenvalue weighted by Gasteiger charge is 2.28. The number of nitrogens with one attached hydrogen (secondary N) is 1. The second kappa shape index (κ2) is 5.72. The van der Waals surface area contributed by atoms with E-state index in [2.05, 4.69) is 12.2 Å². The highest BCUT2D eigenvalue weighted by Crippen LogP contribution is 2.24. The zero-order valence-electron chi connectivity index (χ0n) is 11.7. The van der Waals surface area contributed by atoms with Gasteiger partial charge in [0.1, 0.15) is 0 Å². The summed E-state index contributed by atoms with van der Waals surface area (Å²) >= 11 is 0. The van der Waals surface area contributed by atoms with Crippen LogP contribution < -0.4 is 11.1 Å². The Morgan fingerprint density at radius 3 is 2.89 bits per heavy atom. The van der Waals surface area contributed by atoms with Crippen LogP contribution in [0.3, 0.4) is 0 Å². The van der Waals surface area contributed by atoms with Gasteiger partial charge < -0.3 is 15.8 Å². The molecule has 4 heteroatoms. The Morgan fingerprint density at radius 2 is 2.32 bits per heavy atom. The molecule has 1 heterocycles. The number of carbonyl (C=O) groups excluding carboxylic acids is 1. The highest BCUT2D eigenvalue weighted by atomic mass is 16.5. The lowest BCUT2D eigenvalue weighted by Gasteiger charge is -2.23. The second-order valence-electron chi connectivity index (χ2n) is 5.51. The molecule has 0 aromatic heterocycles. The van der Waals surface area contributed by atoms with Gasteiger partial charge >= 0.3 is 0 Å². The molecule has 0 radical (unpaired) electrons. The van der Waals surface area contributed by atoms with Crippen molar-refractivity contribution in [2.24, 2.45) is 5.73 Å². The van der Waals surface area contributed by atoms with Gasteiger partial charge in [0.05, 0.1) is 5.60 Å². The predicted molar refractivity (Wildman–Crippen MR) is 75.0 cm³/mol. The SMILES string of the molecule is Cc1cc(C(N)=O)ccc1CNCC1(C)CCCO1. The number of rotatable bonds is 5. The minimum Gasteiger partial charge on any atom is -0.374 e. The summed E-state index contributed by atoms with van der Waals surface area (Å²) in [6.45, 7) is 6.64. The molecule has 0 bridgehead atoms. The average Bonchev–Trinajstić information content (AvgIpc) is 2.78. The lowest BCUT2D eigenvalue weighted by atomic mass is 10.0. The summed E-state index contributed by atoms with van der Waals surface area (Å²) in [6, 6.07) is 5.58. The maximum atomic E-state index is 11.1. The Morgan fingerprint density at radius 1 is 1.53 bits per heavy atom. The lowest BCUT2D eigenvalue weighted by Crippen LogP contribution is -2.36. The second-order valence-corrected chi connectivity index (χ2v) is 5.51. The number of benzene rings is 1. The Kier molecular flexibility index (Phi) is 4.22. The van der Waals surface area contributed by atoms with E-state index in [9.17, 15) is 4.79 Å². The molecule has 1 aliphatic heterocycles. The standard InChI is InChI=1S/C15H22N2O2/c1-11-8-12(14(16)18)4-5-13(11)9-17-10-15(2)6-3-7-19-15/h4-5,8,17H,3,6-7,9-10H2,1-2H3,(H2,16,18). The monoisotopic (exact) mass is 262 g/mol. The predicted octanol–water partition coefficient (Wildman–Crippen LogP) is 1.75. The van der Waals surface area contributed by atoms with E-state index in [0.717, 1.165) is 38.1 Å². The summed E-state index contributed by atoms with van der Waals surface area (Å²) in [5.41, 5.74) is 8.07. The van der Waals surface area contributed by atoms with Gasteiger partial charge in [0.2, 0.25) is 5.91 Å². The van der Waals surface area contributed by atoms with Gasteiger partial charge in [0.15, 0.2) is 0 Å². The molecule has 4 nitrogen and oxygen atoms in total. The van der Waals surface area contributed by atoms with Gasteiger partial charge in [-0.15, -0.1) is 0 Å². The van der Waals surface area contributed by atoms with Gasteiger partial charge in [-0.05, 0) is 49.9 Å². The van der Waals surface area contributed by atoms with Crippen molar-refractivity contribution < 1.29 is 9.53 Å². The molecule has 104 valence electrons. The van der Waals surface area contributed by atoms with Gasteiger partial charge in [0, 0.05) is 25.3 Å². The van der Waals surface area contributed by atoms with Crippen molar-refractivity contribution in [2.45, 2.75) is 38.8 Å². The largest absolute Gasteiger partial charge is 0.374 e. The number of nitrogens with two attached hydrogens (primary N) is 1. The average molecular weight is 262 g/mol. The molecule has 3 N–H and O–H groups in total. The first kappa shape index (κ1) is 14.0. The molecule has 1 fully saturated rings. The number of aryl methyl sites for hydroxylation is 1. The normalized spacial score (nSPS) is 22.6. The topological polar surface area (TPSA) is 64.4 Å². The van der Waals surface area contributed by atoms with Gasteiger partial charge in [-0.1, -0.05) is 6.07 Å². The number of primary amides is 1. The van der Waals surface area contributed by atoms with Crippen molar-refractivity contribution >= 4 is 5.91 Å². The first-order valence-electron chi connectivity index (χ1n) is 6.74. The molecule has 1 aliphatic rings. The Labute approximate surface area is 114 Å². The fourth-order valence-corrected chi connectivity index (χ4v) is 2.49. The molecule has 0 saturated carbocycles. The minimum absolute atomic E-state index is 0.0267. The van der Waals surface area contributed by atoms with Crippen molar-refractivity contribution in [1.82, 2.24) is 5.32 Å². The summed E-state index contributed by atoms with van der Waals surface area (Å²) in [4.78, 5) is 11.1. The molecule has 1 saturated heterocycles. The van der Waals surface area contributed by atoms with Gasteiger partial charge in [-0.3, -0.25) is 4.79 Å². The fourth-order valence-electron chi connectivity index (χ4n) is 2.49. The molecule has 19 heavy (non-hydrogen) atoms. The van der Waals surface area contributed by atoms with E-state index in [1.807, 2.05) is 19.1 Å².